The van der Waals surface area contributed by atoms with Crippen LogP contribution in [0, 0.1) is 5.92 Å². The molecule has 0 bridgehead atoms. The van der Waals surface area contributed by atoms with Gasteiger partial charge in [0.15, 0.2) is 0 Å². The summed E-state index contributed by atoms with van der Waals surface area (Å²) >= 11 is 0. The Balaban J connectivity index is 1.25. The quantitative estimate of drug-likeness (QED) is 0.670. The minimum Gasteiger partial charge on any atom is -0.366 e. The number of nitrogens with one attached hydrogen (secondary N) is 1. The fourth-order valence-corrected chi connectivity index (χ4v) is 4.79. The number of carbonyl (C=O) groups excluding carboxylic acids is 2. The molecule has 1 aromatic heterocycles. The highest BCUT2D eigenvalue weighted by Gasteiger charge is 2.29. The molecule has 2 fully saturated rings. The Morgan fingerprint density at radius 1 is 1.09 bits per heavy atom. The second-order valence-electron chi connectivity index (χ2n) is 9.09. The van der Waals surface area contributed by atoms with Crippen LogP contribution in [0.2, 0.25) is 0 Å². The predicted molar refractivity (Wildman–Crippen MR) is 130 cm³/mol. The number of aromatic nitrogens is 1. The van der Waals surface area contributed by atoms with Crippen LogP contribution in [-0.4, -0.2) is 78.5 Å². The van der Waals surface area contributed by atoms with Gasteiger partial charge in [0.25, 0.3) is 0 Å². The number of piperazine rings is 1. The minimum absolute atomic E-state index is 0.0218. The molecule has 33 heavy (non-hydrogen) atoms. The normalized spacial score (nSPS) is 20.9. The molecule has 2 aliphatic heterocycles. The van der Waals surface area contributed by atoms with Crippen molar-refractivity contribution < 1.29 is 9.59 Å². The Hall–Kier alpha value is -2.97. The number of hydrogen-bond donors (Lipinski definition) is 2. The van der Waals surface area contributed by atoms with Crippen molar-refractivity contribution in [3.8, 4) is 0 Å². The number of amides is 2. The first-order valence-corrected chi connectivity index (χ1v) is 11.8. The van der Waals surface area contributed by atoms with Crippen LogP contribution in [0.5, 0.6) is 0 Å². The zero-order chi connectivity index (χ0) is 23.2. The van der Waals surface area contributed by atoms with Gasteiger partial charge in [0.05, 0.1) is 6.04 Å². The number of carbonyl (C=O) groups is 2. The summed E-state index contributed by atoms with van der Waals surface area (Å²) in [5.74, 6) is 1.14. The highest BCUT2D eigenvalue weighted by Crippen LogP contribution is 2.22. The van der Waals surface area contributed by atoms with Gasteiger partial charge in [-0.05, 0) is 68.6 Å². The SMILES string of the molecule is CC(C(=O)Nc1ccc(C(N)=O)cc1)N1CCCC(CN2CCN(c3ccccn3)CC2)C1. The lowest BCUT2D eigenvalue weighted by Gasteiger charge is -2.40. The molecule has 0 radical (unpaired) electrons. The average molecular weight is 451 g/mol. The van der Waals surface area contributed by atoms with E-state index in [1.807, 2.05) is 25.3 Å². The van der Waals surface area contributed by atoms with Gasteiger partial charge in [0, 0.05) is 56.7 Å². The van der Waals surface area contributed by atoms with Crippen molar-refractivity contribution in [1.29, 1.82) is 0 Å². The van der Waals surface area contributed by atoms with E-state index in [1.165, 1.54) is 6.42 Å². The molecule has 3 heterocycles. The van der Waals surface area contributed by atoms with Crippen molar-refractivity contribution in [3.05, 3.63) is 54.2 Å². The zero-order valence-electron chi connectivity index (χ0n) is 19.3. The molecule has 2 unspecified atom stereocenters. The molecule has 0 aliphatic carbocycles. The maximum atomic E-state index is 12.8. The number of pyridine rings is 1. The van der Waals surface area contributed by atoms with Gasteiger partial charge in [0.1, 0.15) is 5.82 Å². The van der Waals surface area contributed by atoms with Crippen LogP contribution in [0.3, 0.4) is 0 Å². The zero-order valence-corrected chi connectivity index (χ0v) is 19.3. The summed E-state index contributed by atoms with van der Waals surface area (Å²) in [5, 5.41) is 2.97. The van der Waals surface area contributed by atoms with Gasteiger partial charge >= 0.3 is 0 Å². The summed E-state index contributed by atoms with van der Waals surface area (Å²) in [6.45, 7) is 9.03. The first kappa shape index (κ1) is 23.2. The van der Waals surface area contributed by atoms with Gasteiger partial charge in [-0.15, -0.1) is 0 Å². The van der Waals surface area contributed by atoms with Gasteiger partial charge in [-0.1, -0.05) is 6.07 Å². The number of piperidine rings is 1. The topological polar surface area (TPSA) is 94.8 Å². The van der Waals surface area contributed by atoms with E-state index in [2.05, 4.69) is 31.1 Å². The van der Waals surface area contributed by atoms with Crippen LogP contribution in [0.4, 0.5) is 11.5 Å². The number of nitrogens with zero attached hydrogens (tertiary/aromatic N) is 4. The molecule has 4 rings (SSSR count). The fourth-order valence-electron chi connectivity index (χ4n) is 4.79. The smallest absolute Gasteiger partial charge is 0.248 e. The Bertz CT molecular complexity index is 928. The van der Waals surface area contributed by atoms with E-state index < -0.39 is 5.91 Å². The number of hydrogen-bond acceptors (Lipinski definition) is 6. The van der Waals surface area contributed by atoms with Crippen LogP contribution < -0.4 is 16.0 Å². The molecule has 3 N–H and O–H groups in total. The lowest BCUT2D eigenvalue weighted by Crippen LogP contribution is -2.52. The van der Waals surface area contributed by atoms with Crippen molar-refractivity contribution >= 4 is 23.3 Å². The number of likely N-dealkylation sites (tertiary alicyclic amines) is 1. The molecule has 0 saturated carbocycles. The molecule has 2 amide bonds. The summed E-state index contributed by atoms with van der Waals surface area (Å²) in [5.41, 5.74) is 6.39. The minimum atomic E-state index is -0.473. The van der Waals surface area contributed by atoms with E-state index in [4.69, 9.17) is 5.73 Å². The van der Waals surface area contributed by atoms with E-state index in [0.29, 0.717) is 17.2 Å². The van der Waals surface area contributed by atoms with Crippen molar-refractivity contribution in [2.75, 3.05) is 56.0 Å². The van der Waals surface area contributed by atoms with Gasteiger partial charge in [-0.2, -0.15) is 0 Å². The third-order valence-electron chi connectivity index (χ3n) is 6.78. The Morgan fingerprint density at radius 2 is 1.85 bits per heavy atom. The van der Waals surface area contributed by atoms with Crippen LogP contribution in [-0.2, 0) is 4.79 Å². The number of primary amides is 1. The lowest BCUT2D eigenvalue weighted by molar-refractivity contribution is -0.121. The van der Waals surface area contributed by atoms with Gasteiger partial charge in [-0.3, -0.25) is 19.4 Å². The summed E-state index contributed by atoms with van der Waals surface area (Å²) in [7, 11) is 0. The molecule has 2 aliphatic rings. The third-order valence-corrected chi connectivity index (χ3v) is 6.78. The second kappa shape index (κ2) is 10.8. The van der Waals surface area contributed by atoms with E-state index in [-0.39, 0.29) is 11.9 Å². The predicted octanol–water partition coefficient (Wildman–Crippen LogP) is 2.04. The molecule has 176 valence electrons. The first-order valence-electron chi connectivity index (χ1n) is 11.8. The standard InChI is InChI=1S/C25H34N6O2/c1-19(25(33)28-22-9-7-21(8-10-22)24(26)32)31-12-4-5-20(18-31)17-29-13-15-30(16-14-29)23-6-2-3-11-27-23/h2-3,6-11,19-20H,4-5,12-18H2,1H3,(H2,26,32)(H,28,33). The Kier molecular flexibility index (Phi) is 7.57. The Morgan fingerprint density at radius 3 is 2.52 bits per heavy atom. The number of benzene rings is 1. The van der Waals surface area contributed by atoms with E-state index in [1.54, 1.807) is 24.3 Å². The number of rotatable bonds is 7. The third kappa shape index (κ3) is 6.09. The van der Waals surface area contributed by atoms with Crippen LogP contribution in [0.15, 0.2) is 48.7 Å². The Labute approximate surface area is 195 Å². The largest absolute Gasteiger partial charge is 0.366 e. The van der Waals surface area contributed by atoms with Gasteiger partial charge in [-0.25, -0.2) is 4.98 Å². The molecule has 0 spiro atoms. The molecule has 2 atom stereocenters. The fraction of sp³-hybridized carbons (Fsp3) is 0.480. The lowest BCUT2D eigenvalue weighted by atomic mass is 9.95. The molecule has 2 saturated heterocycles. The highest BCUT2D eigenvalue weighted by atomic mass is 16.2. The summed E-state index contributed by atoms with van der Waals surface area (Å²) in [6.07, 6.45) is 4.18. The van der Waals surface area contributed by atoms with Crippen LogP contribution in [0.25, 0.3) is 0 Å². The maximum absolute atomic E-state index is 12.8. The molecular formula is C25H34N6O2. The first-order chi connectivity index (χ1) is 16.0. The number of anilines is 2. The van der Waals surface area contributed by atoms with E-state index in [0.717, 1.165) is 58.1 Å². The van der Waals surface area contributed by atoms with Gasteiger partial charge in [0.2, 0.25) is 11.8 Å². The summed E-state index contributed by atoms with van der Waals surface area (Å²) in [4.78, 5) is 35.7. The van der Waals surface area contributed by atoms with Crippen molar-refractivity contribution in [1.82, 2.24) is 14.8 Å². The van der Waals surface area contributed by atoms with Gasteiger partial charge < -0.3 is 16.0 Å². The molecule has 8 heteroatoms. The van der Waals surface area contributed by atoms with Crippen molar-refractivity contribution in [2.24, 2.45) is 11.7 Å². The molecule has 2 aromatic rings. The summed E-state index contributed by atoms with van der Waals surface area (Å²) < 4.78 is 0. The average Bonchev–Trinajstić information content (AvgIpc) is 2.85. The maximum Gasteiger partial charge on any atom is 0.248 e. The molecule has 1 aromatic carbocycles. The monoisotopic (exact) mass is 450 g/mol. The molecule has 8 nitrogen and oxygen atoms in total. The van der Waals surface area contributed by atoms with Crippen molar-refractivity contribution in [3.63, 3.8) is 0 Å². The second-order valence-corrected chi connectivity index (χ2v) is 9.09. The molecular weight excluding hydrogens is 416 g/mol. The van der Waals surface area contributed by atoms with Crippen LogP contribution >= 0.6 is 0 Å². The van der Waals surface area contributed by atoms with Crippen LogP contribution in [0.1, 0.15) is 30.1 Å². The number of nitrogens with two attached hydrogens (primary N) is 1. The van der Waals surface area contributed by atoms with E-state index in [9.17, 15) is 9.59 Å². The van der Waals surface area contributed by atoms with E-state index >= 15 is 0 Å². The van der Waals surface area contributed by atoms with Crippen molar-refractivity contribution in [2.45, 2.75) is 25.8 Å². The highest BCUT2D eigenvalue weighted by molar-refractivity contribution is 5.96. The summed E-state index contributed by atoms with van der Waals surface area (Å²) in [6, 6.07) is 12.6.